The number of aromatic nitrogens is 1. The molecule has 88 valence electrons. The van der Waals surface area contributed by atoms with Gasteiger partial charge in [0.2, 0.25) is 0 Å². The first-order valence-corrected chi connectivity index (χ1v) is 5.79. The van der Waals surface area contributed by atoms with Crippen molar-refractivity contribution in [3.05, 3.63) is 40.8 Å². The molecule has 4 nitrogen and oxygen atoms in total. The fraction of sp³-hybridized carbons (Fsp3) is 0.308. The van der Waals surface area contributed by atoms with E-state index in [1.165, 1.54) is 0 Å². The number of nitrogens with zero attached hydrogens (tertiary/aromatic N) is 1. The topological polar surface area (TPSA) is 45.3 Å². The molecule has 0 radical (unpaired) electrons. The average molecular weight is 230 g/mol. The van der Waals surface area contributed by atoms with Crippen LogP contribution in [0.25, 0.3) is 10.8 Å². The summed E-state index contributed by atoms with van der Waals surface area (Å²) in [5.41, 5.74) is 1.13. The number of nitrogens with one attached hydrogen (secondary N) is 1. The van der Waals surface area contributed by atoms with Gasteiger partial charge in [-0.2, -0.15) is 0 Å². The van der Waals surface area contributed by atoms with E-state index in [2.05, 4.69) is 16.0 Å². The molecule has 1 fully saturated rings. The lowest BCUT2D eigenvalue weighted by molar-refractivity contribution is 0.122. The lowest BCUT2D eigenvalue weighted by Crippen LogP contribution is -2.36. The molecule has 0 bridgehead atoms. The molecule has 4 heteroatoms. The molecule has 2 aromatic rings. The highest BCUT2D eigenvalue weighted by atomic mass is 16.5. The van der Waals surface area contributed by atoms with E-state index in [9.17, 15) is 4.79 Å². The Bertz CT molecular complexity index is 585. The van der Waals surface area contributed by atoms with E-state index in [0.717, 1.165) is 42.8 Å². The van der Waals surface area contributed by atoms with Crippen LogP contribution >= 0.6 is 0 Å². The summed E-state index contributed by atoms with van der Waals surface area (Å²) in [4.78, 5) is 16.5. The van der Waals surface area contributed by atoms with E-state index in [1.54, 1.807) is 6.20 Å². The first kappa shape index (κ1) is 10.4. The molecule has 0 unspecified atom stereocenters. The number of hydrogen-bond donors (Lipinski definition) is 1. The van der Waals surface area contributed by atoms with Crippen LogP contribution in [0.3, 0.4) is 0 Å². The largest absolute Gasteiger partial charge is 0.378 e. The van der Waals surface area contributed by atoms with E-state index >= 15 is 0 Å². The maximum Gasteiger partial charge on any atom is 0.255 e. The fourth-order valence-corrected chi connectivity index (χ4v) is 2.20. The van der Waals surface area contributed by atoms with Crippen LogP contribution < -0.4 is 10.5 Å². The summed E-state index contributed by atoms with van der Waals surface area (Å²) >= 11 is 0. The van der Waals surface area contributed by atoms with Gasteiger partial charge in [-0.15, -0.1) is 0 Å². The molecular weight excluding hydrogens is 216 g/mol. The number of rotatable bonds is 1. The zero-order valence-electron chi connectivity index (χ0n) is 9.48. The number of ether oxygens (including phenoxy) is 1. The minimum absolute atomic E-state index is 0.0315. The molecule has 1 saturated heterocycles. The van der Waals surface area contributed by atoms with Gasteiger partial charge in [0.05, 0.1) is 13.2 Å². The Morgan fingerprint density at radius 1 is 1.18 bits per heavy atom. The molecule has 1 aromatic carbocycles. The highest BCUT2D eigenvalue weighted by Gasteiger charge is 2.11. The highest BCUT2D eigenvalue weighted by Crippen LogP contribution is 2.20. The second kappa shape index (κ2) is 4.22. The predicted octanol–water partition coefficient (Wildman–Crippen LogP) is 1.36. The van der Waals surface area contributed by atoms with Crippen LogP contribution in [0.4, 0.5) is 5.69 Å². The number of morpholine rings is 1. The van der Waals surface area contributed by atoms with Crippen molar-refractivity contribution < 1.29 is 4.74 Å². The molecule has 17 heavy (non-hydrogen) atoms. The van der Waals surface area contributed by atoms with Gasteiger partial charge in [-0.3, -0.25) is 4.79 Å². The summed E-state index contributed by atoms with van der Waals surface area (Å²) < 4.78 is 5.33. The summed E-state index contributed by atoms with van der Waals surface area (Å²) in [6.45, 7) is 3.37. The third kappa shape index (κ3) is 1.91. The van der Waals surface area contributed by atoms with Gasteiger partial charge in [-0.05, 0) is 29.7 Å². The molecular formula is C13H14N2O2. The summed E-state index contributed by atoms with van der Waals surface area (Å²) in [5, 5.41) is 1.72. The third-order valence-electron chi connectivity index (χ3n) is 3.13. The second-order valence-corrected chi connectivity index (χ2v) is 4.18. The Morgan fingerprint density at radius 2 is 2.00 bits per heavy atom. The molecule has 3 rings (SSSR count). The van der Waals surface area contributed by atoms with Crippen LogP contribution in [0.5, 0.6) is 0 Å². The molecule has 2 heterocycles. The number of hydrogen-bond acceptors (Lipinski definition) is 3. The fourth-order valence-electron chi connectivity index (χ4n) is 2.20. The van der Waals surface area contributed by atoms with Crippen molar-refractivity contribution in [2.75, 3.05) is 31.2 Å². The van der Waals surface area contributed by atoms with Gasteiger partial charge in [0.15, 0.2) is 0 Å². The number of aromatic amines is 1. The Kier molecular flexibility index (Phi) is 2.57. The summed E-state index contributed by atoms with van der Waals surface area (Å²) in [7, 11) is 0. The van der Waals surface area contributed by atoms with Crippen LogP contribution in [0.1, 0.15) is 0 Å². The quantitative estimate of drug-likeness (QED) is 0.804. The molecule has 1 aliphatic heterocycles. The first-order valence-electron chi connectivity index (χ1n) is 5.79. The van der Waals surface area contributed by atoms with Crippen LogP contribution in [0, 0.1) is 0 Å². The number of pyridine rings is 1. The van der Waals surface area contributed by atoms with E-state index < -0.39 is 0 Å². The molecule has 1 aromatic heterocycles. The third-order valence-corrected chi connectivity index (χ3v) is 3.13. The molecule has 0 aliphatic carbocycles. The van der Waals surface area contributed by atoms with E-state index in [1.807, 2.05) is 18.2 Å². The lowest BCUT2D eigenvalue weighted by Gasteiger charge is -2.29. The zero-order chi connectivity index (χ0) is 11.7. The van der Waals surface area contributed by atoms with Crippen LogP contribution in [0.2, 0.25) is 0 Å². The Hall–Kier alpha value is -1.81. The van der Waals surface area contributed by atoms with Crippen molar-refractivity contribution in [3.8, 4) is 0 Å². The predicted molar refractivity (Wildman–Crippen MR) is 67.6 cm³/mol. The highest BCUT2D eigenvalue weighted by molar-refractivity contribution is 5.84. The SMILES string of the molecule is O=c1[nH]ccc2cc(N3CCOCC3)ccc12. The molecule has 0 amide bonds. The molecule has 1 N–H and O–H groups in total. The minimum Gasteiger partial charge on any atom is -0.378 e. The molecule has 0 spiro atoms. The minimum atomic E-state index is -0.0315. The zero-order valence-corrected chi connectivity index (χ0v) is 9.48. The Labute approximate surface area is 98.8 Å². The van der Waals surface area contributed by atoms with E-state index in [-0.39, 0.29) is 5.56 Å². The number of anilines is 1. The van der Waals surface area contributed by atoms with Crippen molar-refractivity contribution in [2.45, 2.75) is 0 Å². The summed E-state index contributed by atoms with van der Waals surface area (Å²) in [6.07, 6.45) is 1.69. The van der Waals surface area contributed by atoms with Crippen molar-refractivity contribution in [2.24, 2.45) is 0 Å². The Balaban J connectivity index is 2.04. The standard InChI is InChI=1S/C13H14N2O2/c16-13-12-2-1-11(9-10(12)3-4-14-13)15-5-7-17-8-6-15/h1-4,9H,5-8H2,(H,14,16). The molecule has 1 aliphatic rings. The van der Waals surface area contributed by atoms with E-state index in [4.69, 9.17) is 4.74 Å². The van der Waals surface area contributed by atoms with Gasteiger partial charge >= 0.3 is 0 Å². The van der Waals surface area contributed by atoms with Crippen molar-refractivity contribution in [1.82, 2.24) is 4.98 Å². The second-order valence-electron chi connectivity index (χ2n) is 4.18. The van der Waals surface area contributed by atoms with Gasteiger partial charge in [0, 0.05) is 30.4 Å². The van der Waals surface area contributed by atoms with Crippen molar-refractivity contribution in [3.63, 3.8) is 0 Å². The molecule has 0 atom stereocenters. The normalized spacial score (nSPS) is 16.4. The number of benzene rings is 1. The van der Waals surface area contributed by atoms with Crippen molar-refractivity contribution in [1.29, 1.82) is 0 Å². The Morgan fingerprint density at radius 3 is 2.82 bits per heavy atom. The lowest BCUT2D eigenvalue weighted by atomic mass is 10.1. The maximum atomic E-state index is 11.6. The number of fused-ring (bicyclic) bond motifs is 1. The van der Waals surface area contributed by atoms with Gasteiger partial charge in [0.1, 0.15) is 0 Å². The van der Waals surface area contributed by atoms with Crippen LogP contribution in [0.15, 0.2) is 35.3 Å². The van der Waals surface area contributed by atoms with E-state index in [0.29, 0.717) is 0 Å². The van der Waals surface area contributed by atoms with Gasteiger partial charge in [-0.1, -0.05) is 0 Å². The van der Waals surface area contributed by atoms with Crippen LogP contribution in [-0.4, -0.2) is 31.3 Å². The van der Waals surface area contributed by atoms with Crippen LogP contribution in [-0.2, 0) is 4.74 Å². The summed E-state index contributed by atoms with van der Waals surface area (Å²) in [6, 6.07) is 7.89. The number of H-pyrrole nitrogens is 1. The molecule has 0 saturated carbocycles. The van der Waals surface area contributed by atoms with Gasteiger partial charge < -0.3 is 14.6 Å². The summed E-state index contributed by atoms with van der Waals surface area (Å²) in [5.74, 6) is 0. The van der Waals surface area contributed by atoms with Crippen molar-refractivity contribution >= 4 is 16.5 Å². The first-order chi connectivity index (χ1) is 8.34. The maximum absolute atomic E-state index is 11.6. The average Bonchev–Trinajstić information content (AvgIpc) is 2.40. The monoisotopic (exact) mass is 230 g/mol. The smallest absolute Gasteiger partial charge is 0.255 e. The van der Waals surface area contributed by atoms with Gasteiger partial charge in [0.25, 0.3) is 5.56 Å². The van der Waals surface area contributed by atoms with Gasteiger partial charge in [-0.25, -0.2) is 0 Å².